The van der Waals surface area contributed by atoms with Gasteiger partial charge in [0.2, 0.25) is 5.91 Å². The van der Waals surface area contributed by atoms with Gasteiger partial charge in [0.05, 0.1) is 5.69 Å². The van der Waals surface area contributed by atoms with E-state index in [1.165, 1.54) is 10.6 Å². The number of nitrogens with zero attached hydrogens (tertiary/aromatic N) is 1. The molecule has 1 fully saturated rings. The second kappa shape index (κ2) is 7.71. The van der Waals surface area contributed by atoms with E-state index in [-0.39, 0.29) is 29.9 Å². The predicted octanol–water partition coefficient (Wildman–Crippen LogP) is 1.15. The Morgan fingerprint density at radius 1 is 1.60 bits per heavy atom. The molecule has 0 bridgehead atoms. The van der Waals surface area contributed by atoms with Crippen molar-refractivity contribution in [2.75, 3.05) is 23.4 Å². The SMILES string of the molecule is Cc1cc(=O)n(C)cc1NC(=O)CC1CSCCN1.Cl. The lowest BCUT2D eigenvalue weighted by atomic mass is 10.2. The second-order valence-electron chi connectivity index (χ2n) is 4.80. The fourth-order valence-corrected chi connectivity index (χ4v) is 2.98. The van der Waals surface area contributed by atoms with Gasteiger partial charge in [-0.1, -0.05) is 0 Å². The van der Waals surface area contributed by atoms with E-state index in [0.29, 0.717) is 12.1 Å². The first-order valence-corrected chi connectivity index (χ1v) is 7.50. The Morgan fingerprint density at radius 3 is 3.00 bits per heavy atom. The smallest absolute Gasteiger partial charge is 0.250 e. The number of aromatic nitrogens is 1. The number of halogens is 1. The van der Waals surface area contributed by atoms with Crippen molar-refractivity contribution >= 4 is 35.8 Å². The lowest BCUT2D eigenvalue weighted by Crippen LogP contribution is -2.40. The average Bonchev–Trinajstić information content (AvgIpc) is 2.37. The fourth-order valence-electron chi connectivity index (χ4n) is 2.03. The number of carbonyl (C=O) groups excluding carboxylic acids is 1. The van der Waals surface area contributed by atoms with Crippen molar-refractivity contribution in [2.45, 2.75) is 19.4 Å². The third kappa shape index (κ3) is 4.54. The maximum atomic E-state index is 12.0. The number of thioether (sulfide) groups is 1. The fraction of sp³-hybridized carbons (Fsp3) is 0.538. The molecular weight excluding hydrogens is 298 g/mol. The Kier molecular flexibility index (Phi) is 6.58. The number of nitrogens with one attached hydrogen (secondary N) is 2. The van der Waals surface area contributed by atoms with E-state index in [2.05, 4.69) is 10.6 Å². The Bertz CT molecular complexity index is 527. The highest BCUT2D eigenvalue weighted by molar-refractivity contribution is 7.99. The van der Waals surface area contributed by atoms with E-state index in [9.17, 15) is 9.59 Å². The van der Waals surface area contributed by atoms with Gasteiger partial charge in [-0.2, -0.15) is 11.8 Å². The van der Waals surface area contributed by atoms with Crippen molar-refractivity contribution < 1.29 is 4.79 Å². The van der Waals surface area contributed by atoms with Gasteiger partial charge < -0.3 is 15.2 Å². The van der Waals surface area contributed by atoms with Crippen LogP contribution in [0.15, 0.2) is 17.1 Å². The number of hydrogen-bond acceptors (Lipinski definition) is 4. The van der Waals surface area contributed by atoms with Gasteiger partial charge in [-0.3, -0.25) is 9.59 Å². The van der Waals surface area contributed by atoms with E-state index in [1.807, 2.05) is 18.7 Å². The minimum Gasteiger partial charge on any atom is -0.325 e. The average molecular weight is 318 g/mol. The Labute approximate surface area is 128 Å². The van der Waals surface area contributed by atoms with Crippen LogP contribution in [-0.2, 0) is 11.8 Å². The highest BCUT2D eigenvalue weighted by Gasteiger charge is 2.17. The van der Waals surface area contributed by atoms with Crippen LogP contribution in [0.2, 0.25) is 0 Å². The van der Waals surface area contributed by atoms with Crippen molar-refractivity contribution in [2.24, 2.45) is 7.05 Å². The molecule has 1 aliphatic heterocycles. The lowest BCUT2D eigenvalue weighted by molar-refractivity contribution is -0.116. The van der Waals surface area contributed by atoms with Gasteiger partial charge in [0, 0.05) is 49.8 Å². The topological polar surface area (TPSA) is 63.1 Å². The van der Waals surface area contributed by atoms with Crippen LogP contribution in [0.3, 0.4) is 0 Å². The van der Waals surface area contributed by atoms with E-state index in [4.69, 9.17) is 0 Å². The minimum atomic E-state index is -0.0687. The van der Waals surface area contributed by atoms with Crippen LogP contribution in [0.4, 0.5) is 5.69 Å². The molecule has 2 N–H and O–H groups in total. The van der Waals surface area contributed by atoms with Crippen LogP contribution in [-0.4, -0.2) is 34.6 Å². The van der Waals surface area contributed by atoms with Crippen LogP contribution < -0.4 is 16.2 Å². The van der Waals surface area contributed by atoms with E-state index >= 15 is 0 Å². The molecule has 20 heavy (non-hydrogen) atoms. The summed E-state index contributed by atoms with van der Waals surface area (Å²) in [5, 5.41) is 6.21. The first-order chi connectivity index (χ1) is 9.06. The molecule has 0 saturated carbocycles. The molecule has 7 heteroatoms. The van der Waals surface area contributed by atoms with Crippen molar-refractivity contribution in [3.8, 4) is 0 Å². The molecular formula is C13H20ClN3O2S. The molecule has 2 rings (SSSR count). The molecule has 1 amide bonds. The summed E-state index contributed by atoms with van der Waals surface area (Å²) in [4.78, 5) is 23.4. The number of rotatable bonds is 3. The van der Waals surface area contributed by atoms with Crippen LogP contribution in [0.1, 0.15) is 12.0 Å². The summed E-state index contributed by atoms with van der Waals surface area (Å²) in [5.41, 5.74) is 1.43. The molecule has 1 saturated heterocycles. The van der Waals surface area contributed by atoms with Crippen LogP contribution in [0.5, 0.6) is 0 Å². The maximum Gasteiger partial charge on any atom is 0.250 e. The number of hydrogen-bond donors (Lipinski definition) is 2. The Balaban J connectivity index is 0.00000200. The van der Waals surface area contributed by atoms with Crippen molar-refractivity contribution in [1.29, 1.82) is 0 Å². The summed E-state index contributed by atoms with van der Waals surface area (Å²) in [7, 11) is 1.68. The molecule has 5 nitrogen and oxygen atoms in total. The molecule has 0 aliphatic carbocycles. The molecule has 0 spiro atoms. The molecule has 2 heterocycles. The number of amides is 1. The maximum absolute atomic E-state index is 12.0. The zero-order valence-electron chi connectivity index (χ0n) is 11.6. The lowest BCUT2D eigenvalue weighted by Gasteiger charge is -2.22. The highest BCUT2D eigenvalue weighted by atomic mass is 35.5. The normalized spacial score (nSPS) is 18.2. The first kappa shape index (κ1) is 17.1. The zero-order chi connectivity index (χ0) is 13.8. The third-order valence-corrected chi connectivity index (χ3v) is 4.27. The summed E-state index contributed by atoms with van der Waals surface area (Å²) in [6, 6.07) is 1.77. The van der Waals surface area contributed by atoms with Crippen LogP contribution >= 0.6 is 24.2 Å². The van der Waals surface area contributed by atoms with E-state index in [1.54, 1.807) is 13.2 Å². The summed E-state index contributed by atoms with van der Waals surface area (Å²) in [5.74, 6) is 2.07. The quantitative estimate of drug-likeness (QED) is 0.878. The van der Waals surface area contributed by atoms with E-state index in [0.717, 1.165) is 23.6 Å². The summed E-state index contributed by atoms with van der Waals surface area (Å²) < 4.78 is 1.47. The monoisotopic (exact) mass is 317 g/mol. The molecule has 1 unspecified atom stereocenters. The Hall–Kier alpha value is -0.980. The molecule has 112 valence electrons. The van der Waals surface area contributed by atoms with E-state index < -0.39 is 0 Å². The van der Waals surface area contributed by atoms with Crippen LogP contribution in [0, 0.1) is 6.92 Å². The number of aryl methyl sites for hydroxylation is 2. The third-order valence-electron chi connectivity index (χ3n) is 3.14. The number of carbonyl (C=O) groups is 1. The van der Waals surface area contributed by atoms with Gasteiger partial charge in [0.25, 0.3) is 5.56 Å². The molecule has 1 aliphatic rings. The molecule has 1 atom stereocenters. The van der Waals surface area contributed by atoms with Gasteiger partial charge in [-0.05, 0) is 12.5 Å². The molecule has 1 aromatic rings. The molecule has 0 aromatic carbocycles. The van der Waals surface area contributed by atoms with Gasteiger partial charge in [-0.25, -0.2) is 0 Å². The summed E-state index contributed by atoms with van der Waals surface area (Å²) in [6.07, 6.45) is 2.13. The minimum absolute atomic E-state index is 0. The standard InChI is InChI=1S/C13H19N3O2S.ClH/c1-9-5-13(18)16(2)7-11(9)15-12(17)6-10-8-19-4-3-14-10;/h5,7,10,14H,3-4,6,8H2,1-2H3,(H,15,17);1H. The van der Waals surface area contributed by atoms with Crippen molar-refractivity contribution in [1.82, 2.24) is 9.88 Å². The van der Waals surface area contributed by atoms with Gasteiger partial charge in [-0.15, -0.1) is 12.4 Å². The second-order valence-corrected chi connectivity index (χ2v) is 5.95. The molecule has 1 aromatic heterocycles. The van der Waals surface area contributed by atoms with Gasteiger partial charge in [0.15, 0.2) is 0 Å². The number of anilines is 1. The number of pyridine rings is 1. The highest BCUT2D eigenvalue weighted by Crippen LogP contribution is 2.14. The first-order valence-electron chi connectivity index (χ1n) is 6.34. The molecule has 0 radical (unpaired) electrons. The van der Waals surface area contributed by atoms with Gasteiger partial charge >= 0.3 is 0 Å². The predicted molar refractivity (Wildman–Crippen MR) is 86.0 cm³/mol. The zero-order valence-corrected chi connectivity index (χ0v) is 13.3. The van der Waals surface area contributed by atoms with Crippen molar-refractivity contribution in [3.05, 3.63) is 28.2 Å². The Morgan fingerprint density at radius 2 is 2.35 bits per heavy atom. The largest absolute Gasteiger partial charge is 0.325 e. The summed E-state index contributed by atoms with van der Waals surface area (Å²) in [6.45, 7) is 2.78. The summed E-state index contributed by atoms with van der Waals surface area (Å²) >= 11 is 1.87. The van der Waals surface area contributed by atoms with Crippen LogP contribution in [0.25, 0.3) is 0 Å². The van der Waals surface area contributed by atoms with Gasteiger partial charge in [0.1, 0.15) is 0 Å². The van der Waals surface area contributed by atoms with Crippen molar-refractivity contribution in [3.63, 3.8) is 0 Å².